The van der Waals surface area contributed by atoms with E-state index in [1.165, 1.54) is 27.9 Å². The van der Waals surface area contributed by atoms with Crippen LogP contribution in [-0.4, -0.2) is 31.4 Å². The van der Waals surface area contributed by atoms with Crippen molar-refractivity contribution in [1.82, 2.24) is 9.78 Å². The molecule has 2 heterocycles. The zero-order valence-corrected chi connectivity index (χ0v) is 23.7. The molecule has 210 valence electrons. The molecular weight excluding hydrogens is 522 g/mol. The molecule has 0 unspecified atom stereocenters. The summed E-state index contributed by atoms with van der Waals surface area (Å²) in [7, 11) is 0. The van der Waals surface area contributed by atoms with Gasteiger partial charge in [-0.15, -0.1) is 0 Å². The van der Waals surface area contributed by atoms with Crippen molar-refractivity contribution >= 4 is 23.0 Å². The summed E-state index contributed by atoms with van der Waals surface area (Å²) in [5.74, 6) is -2.72. The predicted molar refractivity (Wildman–Crippen MR) is 157 cm³/mol. The van der Waals surface area contributed by atoms with Crippen molar-refractivity contribution in [3.63, 3.8) is 0 Å². The van der Waals surface area contributed by atoms with Crippen LogP contribution in [0, 0.1) is 50.7 Å². The van der Waals surface area contributed by atoms with Gasteiger partial charge in [0.25, 0.3) is 17.2 Å². The van der Waals surface area contributed by atoms with Gasteiger partial charge in [0.05, 0.1) is 22.2 Å². The van der Waals surface area contributed by atoms with Crippen molar-refractivity contribution in [2.45, 2.75) is 47.5 Å². The van der Waals surface area contributed by atoms with Crippen LogP contribution >= 0.6 is 0 Å². The number of phenols is 1. The second-order valence-corrected chi connectivity index (χ2v) is 10.7. The zero-order chi connectivity index (χ0) is 29.7. The zero-order valence-electron chi connectivity index (χ0n) is 23.7. The van der Waals surface area contributed by atoms with Crippen LogP contribution in [-0.2, 0) is 4.79 Å². The third-order valence-corrected chi connectivity index (χ3v) is 7.98. The number of H-pyrrole nitrogens is 1. The summed E-state index contributed by atoms with van der Waals surface area (Å²) in [4.78, 5) is 39.3. The van der Waals surface area contributed by atoms with Crippen molar-refractivity contribution in [3.05, 3.63) is 114 Å². The van der Waals surface area contributed by atoms with E-state index in [-0.39, 0.29) is 22.6 Å². The molecule has 1 aliphatic heterocycles. The fraction of sp³-hybridized carbons (Fsp3) is 0.258. The number of aryl methyl sites for hydroxylation is 5. The number of nitrogens with zero attached hydrogens (tertiary/aromatic N) is 4. The Labute approximate surface area is 236 Å². The van der Waals surface area contributed by atoms with Crippen molar-refractivity contribution in [3.8, 4) is 11.4 Å². The maximum Gasteiger partial charge on any atom is 0.275 e. The lowest BCUT2D eigenvalue weighted by molar-refractivity contribution is -0.385. The first-order chi connectivity index (χ1) is 19.4. The Morgan fingerprint density at radius 2 is 1.49 bits per heavy atom. The summed E-state index contributed by atoms with van der Waals surface area (Å²) in [5.41, 5.74) is 5.79. The van der Waals surface area contributed by atoms with Crippen LogP contribution in [0.3, 0.4) is 0 Å². The van der Waals surface area contributed by atoms with Gasteiger partial charge in [0, 0.05) is 40.6 Å². The number of benzene rings is 3. The van der Waals surface area contributed by atoms with Gasteiger partial charge < -0.3 is 5.11 Å². The molecule has 3 aromatic carbocycles. The van der Waals surface area contributed by atoms with Crippen LogP contribution in [0.5, 0.6) is 5.75 Å². The van der Waals surface area contributed by atoms with Gasteiger partial charge in [-0.05, 0) is 94.1 Å². The van der Waals surface area contributed by atoms with E-state index in [0.29, 0.717) is 22.8 Å². The molecule has 1 amide bonds. The third kappa shape index (κ3) is 4.71. The van der Waals surface area contributed by atoms with Crippen molar-refractivity contribution < 1.29 is 14.8 Å². The van der Waals surface area contributed by atoms with E-state index in [4.69, 9.17) is 0 Å². The molecule has 0 spiro atoms. The van der Waals surface area contributed by atoms with Gasteiger partial charge in [-0.25, -0.2) is 9.69 Å². The normalized spacial score (nSPS) is 15.8. The lowest BCUT2D eigenvalue weighted by atomic mass is 9.78. The van der Waals surface area contributed by atoms with Crippen molar-refractivity contribution in [1.29, 1.82) is 0 Å². The lowest BCUT2D eigenvalue weighted by Crippen LogP contribution is -2.34. The van der Waals surface area contributed by atoms with Gasteiger partial charge in [0.1, 0.15) is 5.75 Å². The number of carbonyl (C=O) groups is 1. The lowest BCUT2D eigenvalue weighted by Gasteiger charge is -2.24. The van der Waals surface area contributed by atoms with Crippen molar-refractivity contribution in [2.75, 3.05) is 5.01 Å². The molecule has 2 atom stereocenters. The number of nitrogens with one attached hydrogen (secondary N) is 1. The number of rotatable bonds is 6. The van der Waals surface area contributed by atoms with E-state index >= 15 is 0 Å². The highest BCUT2D eigenvalue weighted by Gasteiger charge is 2.45. The summed E-state index contributed by atoms with van der Waals surface area (Å²) in [6.45, 7) is 11.2. The average molecular weight is 554 g/mol. The number of nitro benzene ring substituents is 1. The minimum absolute atomic E-state index is 0.0977. The van der Waals surface area contributed by atoms with E-state index in [2.05, 4.69) is 10.2 Å². The monoisotopic (exact) mass is 553 g/mol. The number of nitro groups is 1. The molecular formula is C31H31N5O5. The highest BCUT2D eigenvalue weighted by Crippen LogP contribution is 2.43. The van der Waals surface area contributed by atoms with E-state index in [1.54, 1.807) is 19.9 Å². The number of hydrogen-bond acceptors (Lipinski definition) is 6. The first kappa shape index (κ1) is 27.6. The Morgan fingerprint density at radius 1 is 0.878 bits per heavy atom. The first-order valence-corrected chi connectivity index (χ1v) is 13.2. The molecule has 2 N–H and O–H groups in total. The Morgan fingerprint density at radius 3 is 2.10 bits per heavy atom. The molecule has 4 aromatic rings. The largest absolute Gasteiger partial charge is 0.508 e. The van der Waals surface area contributed by atoms with E-state index in [0.717, 1.165) is 22.3 Å². The van der Waals surface area contributed by atoms with Crippen LogP contribution in [0.4, 0.5) is 11.4 Å². The first-order valence-electron chi connectivity index (χ1n) is 13.2. The van der Waals surface area contributed by atoms with Gasteiger partial charge in [0.2, 0.25) is 0 Å². The minimum atomic E-state index is -1.06. The van der Waals surface area contributed by atoms with Gasteiger partial charge >= 0.3 is 0 Å². The van der Waals surface area contributed by atoms with Crippen LogP contribution in [0.1, 0.15) is 51.9 Å². The average Bonchev–Trinajstić information content (AvgIpc) is 3.38. The number of hydrazone groups is 1. The molecule has 10 nitrogen and oxygen atoms in total. The molecule has 0 aliphatic carbocycles. The number of non-ortho nitro benzene ring substituents is 1. The Kier molecular flexibility index (Phi) is 6.86. The number of anilines is 1. The summed E-state index contributed by atoms with van der Waals surface area (Å²) >= 11 is 0. The number of aromatic amines is 1. The fourth-order valence-corrected chi connectivity index (χ4v) is 5.38. The van der Waals surface area contributed by atoms with E-state index in [1.807, 2.05) is 58.0 Å². The quantitative estimate of drug-likeness (QED) is 0.240. The van der Waals surface area contributed by atoms with Crippen LogP contribution in [0.25, 0.3) is 5.69 Å². The highest BCUT2D eigenvalue weighted by molar-refractivity contribution is 6.15. The number of aromatic nitrogens is 2. The Bertz CT molecular complexity index is 1820. The topological polar surface area (TPSA) is 134 Å². The third-order valence-electron chi connectivity index (χ3n) is 7.98. The maximum atomic E-state index is 14.1. The SMILES string of the molecule is CC1=NN(c2ccc(C)c(C)c2)C(=O)[C@@H]1[C@@H](c1cc([N+](=O)[O-])ccc1O)c1c(C)[nH]n(-c2ccc(C)c(C)c2)c1=O. The minimum Gasteiger partial charge on any atom is -0.508 e. The number of hydrogen-bond donors (Lipinski definition) is 2. The second kappa shape index (κ2) is 10.2. The van der Waals surface area contributed by atoms with Gasteiger partial charge in [-0.1, -0.05) is 12.1 Å². The Hall–Kier alpha value is -4.99. The van der Waals surface area contributed by atoms with E-state index in [9.17, 15) is 24.8 Å². The smallest absolute Gasteiger partial charge is 0.275 e. The summed E-state index contributed by atoms with van der Waals surface area (Å²) in [5, 5.41) is 31.7. The van der Waals surface area contributed by atoms with Crippen LogP contribution in [0.2, 0.25) is 0 Å². The van der Waals surface area contributed by atoms with Crippen LogP contribution in [0.15, 0.2) is 64.5 Å². The number of amides is 1. The standard InChI is InChI=1S/C31H31N5O5/c1-16-7-9-22(13-18(16)3)34-30(38)27(20(5)32-34)29(25-15-24(36(40)41)11-12-26(25)37)28-21(6)33-35(31(28)39)23-10-8-17(2)19(4)14-23/h7-15,27,29,33,37H,1-6H3/t27-,29+/m0/s1. The van der Waals surface area contributed by atoms with Crippen molar-refractivity contribution in [2.24, 2.45) is 11.0 Å². The van der Waals surface area contributed by atoms with Gasteiger partial charge in [-0.2, -0.15) is 5.10 Å². The molecule has 1 aliphatic rings. The van der Waals surface area contributed by atoms with Gasteiger partial charge in [0.15, 0.2) is 0 Å². The number of phenolic OH excluding ortho intramolecular Hbond substituents is 1. The highest BCUT2D eigenvalue weighted by atomic mass is 16.6. The van der Waals surface area contributed by atoms with Gasteiger partial charge in [-0.3, -0.25) is 24.8 Å². The molecule has 1 aromatic heterocycles. The molecule has 0 radical (unpaired) electrons. The molecule has 0 bridgehead atoms. The summed E-state index contributed by atoms with van der Waals surface area (Å²) < 4.78 is 1.39. The van der Waals surface area contributed by atoms with Crippen LogP contribution < -0.4 is 10.6 Å². The molecule has 0 saturated carbocycles. The Balaban J connectivity index is 1.72. The molecule has 10 heteroatoms. The molecule has 5 rings (SSSR count). The summed E-state index contributed by atoms with van der Waals surface area (Å²) in [6, 6.07) is 14.8. The maximum absolute atomic E-state index is 14.1. The predicted octanol–water partition coefficient (Wildman–Crippen LogP) is 5.49. The number of carbonyl (C=O) groups excluding carboxylic acids is 1. The molecule has 0 fully saturated rings. The second-order valence-electron chi connectivity index (χ2n) is 10.7. The van der Waals surface area contributed by atoms with E-state index < -0.39 is 28.2 Å². The molecule has 0 saturated heterocycles. The molecule has 41 heavy (non-hydrogen) atoms. The number of aromatic hydroxyl groups is 1. The fourth-order valence-electron chi connectivity index (χ4n) is 5.38. The summed E-state index contributed by atoms with van der Waals surface area (Å²) in [6.07, 6.45) is 0.